The molecule has 116 valence electrons. The minimum atomic E-state index is -3.62. The normalized spacial score (nSPS) is 13.1. The molecule has 0 fully saturated rings. The fourth-order valence-corrected chi connectivity index (χ4v) is 3.02. The van der Waals surface area contributed by atoms with Gasteiger partial charge in [-0.15, -0.1) is 0 Å². The van der Waals surface area contributed by atoms with E-state index < -0.39 is 12.7 Å². The molecule has 1 unspecified atom stereocenters. The number of nitrogens with one attached hydrogen (secondary N) is 1. The van der Waals surface area contributed by atoms with Gasteiger partial charge in [0, 0.05) is 18.7 Å². The van der Waals surface area contributed by atoms with Crippen LogP contribution in [-0.2, 0) is 4.57 Å². The van der Waals surface area contributed by atoms with Crippen LogP contribution in [0.15, 0.2) is 54.6 Å². The standard InChI is InChI=1S/C14H15N2O5P/c1-2-15-22(19,20-13-6-4-3-5-7-13)21-14-10-8-12(9-11-14)16(17)18/h3-11H,2H2,1H3,(H,15,19). The number of nitrogens with zero attached hydrogens (tertiary/aromatic N) is 1. The van der Waals surface area contributed by atoms with E-state index in [9.17, 15) is 14.7 Å². The van der Waals surface area contributed by atoms with Gasteiger partial charge in [0.15, 0.2) is 0 Å². The molecule has 8 heteroatoms. The molecule has 0 bridgehead atoms. The molecule has 0 aromatic heterocycles. The van der Waals surface area contributed by atoms with Gasteiger partial charge in [0.1, 0.15) is 11.5 Å². The van der Waals surface area contributed by atoms with E-state index in [0.29, 0.717) is 12.3 Å². The van der Waals surface area contributed by atoms with E-state index in [-0.39, 0.29) is 11.4 Å². The minimum Gasteiger partial charge on any atom is -0.405 e. The molecule has 0 radical (unpaired) electrons. The van der Waals surface area contributed by atoms with Crippen LogP contribution >= 0.6 is 7.75 Å². The summed E-state index contributed by atoms with van der Waals surface area (Å²) >= 11 is 0. The summed E-state index contributed by atoms with van der Waals surface area (Å²) in [5.74, 6) is 0.611. The zero-order valence-corrected chi connectivity index (χ0v) is 12.7. The van der Waals surface area contributed by atoms with Crippen LogP contribution in [0.1, 0.15) is 6.92 Å². The monoisotopic (exact) mass is 322 g/mol. The maximum absolute atomic E-state index is 12.7. The summed E-state index contributed by atoms with van der Waals surface area (Å²) in [6.07, 6.45) is 0. The van der Waals surface area contributed by atoms with Gasteiger partial charge < -0.3 is 9.05 Å². The molecule has 2 rings (SSSR count). The summed E-state index contributed by atoms with van der Waals surface area (Å²) in [6.45, 7) is 2.14. The van der Waals surface area contributed by atoms with E-state index >= 15 is 0 Å². The second kappa shape index (κ2) is 7.06. The largest absolute Gasteiger partial charge is 0.512 e. The molecule has 0 aliphatic heterocycles. The maximum atomic E-state index is 12.7. The fourth-order valence-electron chi connectivity index (χ4n) is 1.66. The number of rotatable bonds is 7. The van der Waals surface area contributed by atoms with E-state index in [4.69, 9.17) is 9.05 Å². The summed E-state index contributed by atoms with van der Waals surface area (Å²) in [5.41, 5.74) is -0.0744. The van der Waals surface area contributed by atoms with Crippen LogP contribution in [0.25, 0.3) is 0 Å². The lowest BCUT2D eigenvalue weighted by Gasteiger charge is -2.19. The first kappa shape index (κ1) is 16.0. The van der Waals surface area contributed by atoms with Gasteiger partial charge in [-0.1, -0.05) is 25.1 Å². The summed E-state index contributed by atoms with van der Waals surface area (Å²) < 4.78 is 23.5. The highest BCUT2D eigenvalue weighted by molar-refractivity contribution is 7.52. The summed E-state index contributed by atoms with van der Waals surface area (Å²) in [6, 6.07) is 13.9. The molecular formula is C14H15N2O5P. The van der Waals surface area contributed by atoms with E-state index in [1.165, 1.54) is 24.3 Å². The van der Waals surface area contributed by atoms with Crippen LogP contribution in [0.4, 0.5) is 5.69 Å². The second-order valence-electron chi connectivity index (χ2n) is 4.26. The zero-order valence-electron chi connectivity index (χ0n) is 11.8. The van der Waals surface area contributed by atoms with Crippen molar-refractivity contribution in [1.82, 2.24) is 5.09 Å². The molecule has 2 aromatic rings. The summed E-state index contributed by atoms with van der Waals surface area (Å²) in [5, 5.41) is 13.3. The summed E-state index contributed by atoms with van der Waals surface area (Å²) in [4.78, 5) is 10.1. The van der Waals surface area contributed by atoms with Gasteiger partial charge in [-0.25, -0.2) is 9.65 Å². The van der Waals surface area contributed by atoms with Gasteiger partial charge in [0.25, 0.3) is 5.69 Å². The Balaban J connectivity index is 2.17. The van der Waals surface area contributed by atoms with E-state index in [1.54, 1.807) is 31.2 Å². The number of hydrogen-bond acceptors (Lipinski definition) is 5. The molecule has 22 heavy (non-hydrogen) atoms. The molecule has 7 nitrogen and oxygen atoms in total. The fraction of sp³-hybridized carbons (Fsp3) is 0.143. The Kier molecular flexibility index (Phi) is 5.14. The second-order valence-corrected chi connectivity index (χ2v) is 5.93. The number of hydrogen-bond donors (Lipinski definition) is 1. The molecule has 0 amide bonds. The highest BCUT2D eigenvalue weighted by Gasteiger charge is 2.27. The topological polar surface area (TPSA) is 90.7 Å². The van der Waals surface area contributed by atoms with E-state index in [0.717, 1.165) is 0 Å². The van der Waals surface area contributed by atoms with E-state index in [1.807, 2.05) is 6.07 Å². The van der Waals surface area contributed by atoms with Gasteiger partial charge in [-0.05, 0) is 24.3 Å². The minimum absolute atomic E-state index is 0.0744. The average molecular weight is 322 g/mol. The van der Waals surface area contributed by atoms with Gasteiger partial charge in [-0.2, -0.15) is 0 Å². The van der Waals surface area contributed by atoms with Crippen molar-refractivity contribution in [3.8, 4) is 11.5 Å². The van der Waals surface area contributed by atoms with Crippen LogP contribution in [0, 0.1) is 10.1 Å². The van der Waals surface area contributed by atoms with Gasteiger partial charge in [0.05, 0.1) is 4.92 Å². The SMILES string of the molecule is CCNP(=O)(Oc1ccccc1)Oc1ccc([N+](=O)[O-])cc1. The Morgan fingerprint density at radius 1 is 1.05 bits per heavy atom. The van der Waals surface area contributed by atoms with Crippen molar-refractivity contribution in [3.05, 3.63) is 64.7 Å². The third kappa shape index (κ3) is 4.31. The lowest BCUT2D eigenvalue weighted by atomic mass is 10.3. The van der Waals surface area contributed by atoms with E-state index in [2.05, 4.69) is 5.09 Å². The Morgan fingerprint density at radius 2 is 1.59 bits per heavy atom. The highest BCUT2D eigenvalue weighted by Crippen LogP contribution is 2.44. The molecular weight excluding hydrogens is 307 g/mol. The third-order valence-electron chi connectivity index (χ3n) is 2.59. The third-order valence-corrected chi connectivity index (χ3v) is 4.20. The van der Waals surface area contributed by atoms with Crippen LogP contribution in [0.3, 0.4) is 0 Å². The average Bonchev–Trinajstić information content (AvgIpc) is 2.48. The first-order chi connectivity index (χ1) is 10.5. The lowest BCUT2D eigenvalue weighted by molar-refractivity contribution is -0.384. The van der Waals surface area contributed by atoms with Crippen molar-refractivity contribution in [1.29, 1.82) is 0 Å². The maximum Gasteiger partial charge on any atom is 0.512 e. The molecule has 2 aromatic carbocycles. The highest BCUT2D eigenvalue weighted by atomic mass is 31.2. The van der Waals surface area contributed by atoms with Crippen molar-refractivity contribution in [2.75, 3.05) is 6.54 Å². The van der Waals surface area contributed by atoms with Crippen LogP contribution in [-0.4, -0.2) is 11.5 Å². The predicted molar refractivity (Wildman–Crippen MR) is 82.1 cm³/mol. The Hall–Kier alpha value is -2.37. The first-order valence-corrected chi connectivity index (χ1v) is 8.10. The van der Waals surface area contributed by atoms with Gasteiger partial charge in [-0.3, -0.25) is 10.1 Å². The molecule has 0 saturated carbocycles. The Labute approximate surface area is 127 Å². The molecule has 1 atom stereocenters. The van der Waals surface area contributed by atoms with Crippen molar-refractivity contribution in [3.63, 3.8) is 0 Å². The Bertz CT molecular complexity index is 675. The lowest BCUT2D eigenvalue weighted by Crippen LogP contribution is -2.18. The van der Waals surface area contributed by atoms with Gasteiger partial charge in [0.2, 0.25) is 0 Å². The smallest absolute Gasteiger partial charge is 0.405 e. The molecule has 1 N–H and O–H groups in total. The van der Waals surface area contributed by atoms with Crippen LogP contribution in [0.2, 0.25) is 0 Å². The molecule has 0 aliphatic rings. The molecule has 0 aliphatic carbocycles. The number of para-hydroxylation sites is 1. The van der Waals surface area contributed by atoms with Crippen molar-refractivity contribution < 1.29 is 18.5 Å². The van der Waals surface area contributed by atoms with Crippen LogP contribution in [0.5, 0.6) is 11.5 Å². The number of non-ortho nitro benzene ring substituents is 1. The molecule has 0 spiro atoms. The first-order valence-electron chi connectivity index (χ1n) is 6.56. The number of nitro groups is 1. The number of nitro benzene ring substituents is 1. The van der Waals surface area contributed by atoms with Crippen molar-refractivity contribution in [2.24, 2.45) is 0 Å². The van der Waals surface area contributed by atoms with Crippen molar-refractivity contribution in [2.45, 2.75) is 6.92 Å². The zero-order chi connectivity index (χ0) is 16.0. The molecule has 0 heterocycles. The van der Waals surface area contributed by atoms with Gasteiger partial charge >= 0.3 is 7.75 Å². The Morgan fingerprint density at radius 3 is 2.09 bits per heavy atom. The molecule has 0 saturated heterocycles. The summed E-state index contributed by atoms with van der Waals surface area (Å²) in [7, 11) is -3.62. The number of benzene rings is 2. The van der Waals surface area contributed by atoms with Crippen LogP contribution < -0.4 is 14.1 Å². The predicted octanol–water partition coefficient (Wildman–Crippen LogP) is 3.77. The van der Waals surface area contributed by atoms with Crippen molar-refractivity contribution >= 4 is 13.4 Å². The quantitative estimate of drug-likeness (QED) is 0.474.